The number of nitrogen functional groups attached to an aromatic ring is 1. The summed E-state index contributed by atoms with van der Waals surface area (Å²) < 4.78 is 9.43. The van der Waals surface area contributed by atoms with E-state index in [0.717, 1.165) is 42.7 Å². The molecule has 1 fully saturated rings. The first-order valence-corrected chi connectivity index (χ1v) is 6.08. The largest absolute Gasteiger partial charge is 0.383 e. The Morgan fingerprint density at radius 3 is 3.13 bits per heavy atom. The lowest BCUT2D eigenvalue weighted by Crippen LogP contribution is -2.08. The van der Waals surface area contributed by atoms with Gasteiger partial charge >= 0.3 is 0 Å². The van der Waals surface area contributed by atoms with Crippen molar-refractivity contribution in [1.29, 1.82) is 0 Å². The van der Waals surface area contributed by atoms with Crippen LogP contribution in [-0.2, 0) is 4.74 Å². The van der Waals surface area contributed by atoms with Gasteiger partial charge in [-0.1, -0.05) is 0 Å². The summed E-state index contributed by atoms with van der Waals surface area (Å²) in [5.74, 6) is 1.37. The van der Waals surface area contributed by atoms with E-state index in [1.54, 1.807) is 0 Å². The Labute approximate surface area is 94.0 Å². The van der Waals surface area contributed by atoms with Crippen LogP contribution in [0.1, 0.15) is 18.4 Å². The van der Waals surface area contributed by atoms with Crippen molar-refractivity contribution in [3.05, 3.63) is 5.56 Å². The van der Waals surface area contributed by atoms with Crippen molar-refractivity contribution in [2.24, 2.45) is 5.92 Å². The van der Waals surface area contributed by atoms with E-state index in [1.807, 2.05) is 6.92 Å². The number of rotatable bonds is 4. The van der Waals surface area contributed by atoms with E-state index in [1.165, 1.54) is 18.0 Å². The molecule has 15 heavy (non-hydrogen) atoms. The first kappa shape index (κ1) is 10.7. The van der Waals surface area contributed by atoms with Crippen molar-refractivity contribution in [3.8, 4) is 0 Å². The zero-order valence-electron chi connectivity index (χ0n) is 8.95. The van der Waals surface area contributed by atoms with Crippen LogP contribution in [0.25, 0.3) is 0 Å². The SMILES string of the molecule is Cc1c(N)nsc1NCCC1CCOC1. The maximum atomic E-state index is 5.67. The molecule has 0 aromatic carbocycles. The average molecular weight is 227 g/mol. The molecule has 84 valence electrons. The molecule has 0 amide bonds. The van der Waals surface area contributed by atoms with Crippen molar-refractivity contribution >= 4 is 22.4 Å². The average Bonchev–Trinajstić information content (AvgIpc) is 2.83. The first-order chi connectivity index (χ1) is 7.27. The summed E-state index contributed by atoms with van der Waals surface area (Å²) >= 11 is 1.44. The van der Waals surface area contributed by atoms with Gasteiger partial charge in [0.2, 0.25) is 0 Å². The smallest absolute Gasteiger partial charge is 0.142 e. The molecule has 2 rings (SSSR count). The maximum Gasteiger partial charge on any atom is 0.142 e. The highest BCUT2D eigenvalue weighted by Crippen LogP contribution is 2.25. The van der Waals surface area contributed by atoms with Gasteiger partial charge in [0.15, 0.2) is 0 Å². The summed E-state index contributed by atoms with van der Waals surface area (Å²) in [5, 5.41) is 4.48. The van der Waals surface area contributed by atoms with E-state index < -0.39 is 0 Å². The van der Waals surface area contributed by atoms with Crippen molar-refractivity contribution < 1.29 is 4.74 Å². The minimum absolute atomic E-state index is 0.645. The summed E-state index contributed by atoms with van der Waals surface area (Å²) in [5.41, 5.74) is 6.75. The fraction of sp³-hybridized carbons (Fsp3) is 0.700. The van der Waals surface area contributed by atoms with Crippen LogP contribution in [0.2, 0.25) is 0 Å². The molecule has 1 aromatic rings. The van der Waals surface area contributed by atoms with Crippen LogP contribution in [-0.4, -0.2) is 24.1 Å². The van der Waals surface area contributed by atoms with Crippen LogP contribution in [0.3, 0.4) is 0 Å². The van der Waals surface area contributed by atoms with Gasteiger partial charge in [0, 0.05) is 25.3 Å². The molecule has 1 saturated heterocycles. The summed E-state index contributed by atoms with van der Waals surface area (Å²) in [6.45, 7) is 4.83. The minimum Gasteiger partial charge on any atom is -0.383 e. The summed E-state index contributed by atoms with van der Waals surface area (Å²) in [6.07, 6.45) is 2.36. The minimum atomic E-state index is 0.645. The molecular formula is C10H17N3OS. The highest BCUT2D eigenvalue weighted by Gasteiger charge is 2.15. The Balaban J connectivity index is 1.75. The van der Waals surface area contributed by atoms with Gasteiger partial charge < -0.3 is 15.8 Å². The first-order valence-electron chi connectivity index (χ1n) is 5.30. The zero-order valence-corrected chi connectivity index (χ0v) is 9.77. The van der Waals surface area contributed by atoms with Gasteiger partial charge in [0.1, 0.15) is 10.8 Å². The summed E-state index contributed by atoms with van der Waals surface area (Å²) in [6, 6.07) is 0. The number of hydrogen-bond donors (Lipinski definition) is 2. The molecular weight excluding hydrogens is 210 g/mol. The highest BCUT2D eigenvalue weighted by molar-refractivity contribution is 7.10. The number of nitrogens with two attached hydrogens (primary N) is 1. The number of ether oxygens (including phenoxy) is 1. The van der Waals surface area contributed by atoms with Crippen LogP contribution in [0.15, 0.2) is 0 Å². The number of aromatic nitrogens is 1. The molecule has 1 unspecified atom stereocenters. The molecule has 0 aliphatic carbocycles. The lowest BCUT2D eigenvalue weighted by Gasteiger charge is -2.08. The van der Waals surface area contributed by atoms with E-state index in [4.69, 9.17) is 10.5 Å². The Morgan fingerprint density at radius 1 is 1.67 bits per heavy atom. The standard InChI is InChI=1S/C10H17N3OS/c1-7-9(11)13-15-10(7)12-4-2-8-3-5-14-6-8/h8,12H,2-6H2,1H3,(H2,11,13). The number of nitrogens with one attached hydrogen (secondary N) is 1. The second-order valence-electron chi connectivity index (χ2n) is 3.97. The molecule has 2 heterocycles. The van der Waals surface area contributed by atoms with Gasteiger partial charge in [0.25, 0.3) is 0 Å². The molecule has 0 spiro atoms. The summed E-state index contributed by atoms with van der Waals surface area (Å²) in [4.78, 5) is 0. The fourth-order valence-corrected chi connectivity index (χ4v) is 2.45. The second-order valence-corrected chi connectivity index (χ2v) is 4.74. The van der Waals surface area contributed by atoms with E-state index in [0.29, 0.717) is 5.82 Å². The van der Waals surface area contributed by atoms with Crippen molar-refractivity contribution in [1.82, 2.24) is 4.37 Å². The molecule has 4 nitrogen and oxygen atoms in total. The number of nitrogens with zero attached hydrogens (tertiary/aromatic N) is 1. The monoisotopic (exact) mass is 227 g/mol. The second kappa shape index (κ2) is 4.81. The van der Waals surface area contributed by atoms with Crippen LogP contribution in [0.5, 0.6) is 0 Å². The molecule has 3 N–H and O–H groups in total. The molecule has 0 bridgehead atoms. The molecule has 1 aliphatic rings. The van der Waals surface area contributed by atoms with Gasteiger partial charge in [-0.25, -0.2) is 0 Å². The van der Waals surface area contributed by atoms with E-state index in [9.17, 15) is 0 Å². The van der Waals surface area contributed by atoms with Crippen molar-refractivity contribution in [2.45, 2.75) is 19.8 Å². The third-order valence-electron chi connectivity index (χ3n) is 2.82. The third kappa shape index (κ3) is 2.60. The molecule has 0 saturated carbocycles. The van der Waals surface area contributed by atoms with Crippen LogP contribution in [0, 0.1) is 12.8 Å². The molecule has 5 heteroatoms. The van der Waals surface area contributed by atoms with Crippen molar-refractivity contribution in [2.75, 3.05) is 30.8 Å². The van der Waals surface area contributed by atoms with Gasteiger partial charge in [-0.3, -0.25) is 0 Å². The zero-order chi connectivity index (χ0) is 10.7. The van der Waals surface area contributed by atoms with Gasteiger partial charge in [-0.15, -0.1) is 0 Å². The van der Waals surface area contributed by atoms with Gasteiger partial charge in [-0.2, -0.15) is 4.37 Å². The van der Waals surface area contributed by atoms with E-state index in [-0.39, 0.29) is 0 Å². The topological polar surface area (TPSA) is 60.2 Å². The Bertz CT molecular complexity index is 320. The van der Waals surface area contributed by atoms with Crippen LogP contribution >= 0.6 is 11.5 Å². The predicted octanol–water partition coefficient (Wildman–Crippen LogP) is 1.87. The van der Waals surface area contributed by atoms with Crippen LogP contribution in [0.4, 0.5) is 10.8 Å². The number of hydrogen-bond acceptors (Lipinski definition) is 5. The molecule has 0 radical (unpaired) electrons. The molecule has 1 atom stereocenters. The molecule has 1 aliphatic heterocycles. The Kier molecular flexibility index (Phi) is 3.43. The normalized spacial score (nSPS) is 20.7. The van der Waals surface area contributed by atoms with Gasteiger partial charge in [0.05, 0.1) is 0 Å². The highest BCUT2D eigenvalue weighted by atomic mass is 32.1. The predicted molar refractivity (Wildman–Crippen MR) is 63.3 cm³/mol. The Morgan fingerprint density at radius 2 is 2.53 bits per heavy atom. The van der Waals surface area contributed by atoms with E-state index in [2.05, 4.69) is 9.69 Å². The van der Waals surface area contributed by atoms with Crippen molar-refractivity contribution in [3.63, 3.8) is 0 Å². The fourth-order valence-electron chi connectivity index (χ4n) is 1.71. The van der Waals surface area contributed by atoms with Crippen LogP contribution < -0.4 is 11.1 Å². The van der Waals surface area contributed by atoms with E-state index >= 15 is 0 Å². The lowest BCUT2D eigenvalue weighted by atomic mass is 10.1. The number of anilines is 2. The quantitative estimate of drug-likeness (QED) is 0.824. The maximum absolute atomic E-state index is 5.67. The lowest BCUT2D eigenvalue weighted by molar-refractivity contribution is 0.185. The Hall–Kier alpha value is -0.810. The third-order valence-corrected chi connectivity index (χ3v) is 3.74. The van der Waals surface area contributed by atoms with Gasteiger partial charge in [-0.05, 0) is 37.2 Å². The molecule has 1 aromatic heterocycles. The summed E-state index contributed by atoms with van der Waals surface area (Å²) in [7, 11) is 0.